The summed E-state index contributed by atoms with van der Waals surface area (Å²) in [6, 6.07) is 0. The fraction of sp³-hybridized carbons (Fsp3) is 0.781. The SMILES string of the molecule is CC/C=C\C/C=C\C/C=C\C/C=C\C/C=C\CC(=O)OCC(COP(=O)(O)OCC(O)COP(=O)(O)OCC(COC(=O)CCCCCCC/C=C\CCCCCC)OC(=O)CCCCCCCCCCCCC)OC(=O)CCCCCCCCCCCCCCC. The molecule has 92 heavy (non-hydrogen) atoms. The zero-order chi connectivity index (χ0) is 67.5. The first-order chi connectivity index (χ1) is 44.7. The largest absolute Gasteiger partial charge is 0.472 e. The molecule has 0 amide bonds. The van der Waals surface area contributed by atoms with Crippen LogP contribution >= 0.6 is 15.6 Å². The Morgan fingerprint density at radius 1 is 0.326 bits per heavy atom. The quantitative estimate of drug-likeness (QED) is 0.0169. The molecule has 0 radical (unpaired) electrons. The summed E-state index contributed by atoms with van der Waals surface area (Å²) in [5, 5.41) is 10.6. The van der Waals surface area contributed by atoms with Crippen LogP contribution < -0.4 is 0 Å². The predicted octanol–water partition coefficient (Wildman–Crippen LogP) is 20.1. The van der Waals surface area contributed by atoms with Crippen LogP contribution in [0.2, 0.25) is 0 Å². The van der Waals surface area contributed by atoms with Gasteiger partial charge in [-0.15, -0.1) is 0 Å². The first kappa shape index (κ1) is 88.5. The van der Waals surface area contributed by atoms with Gasteiger partial charge in [-0.1, -0.05) is 280 Å². The lowest BCUT2D eigenvalue weighted by Gasteiger charge is -2.21. The third-order valence-corrected chi connectivity index (χ3v) is 17.1. The van der Waals surface area contributed by atoms with Crippen molar-refractivity contribution in [1.29, 1.82) is 0 Å². The van der Waals surface area contributed by atoms with E-state index in [0.717, 1.165) is 116 Å². The fourth-order valence-electron chi connectivity index (χ4n) is 9.70. The average Bonchev–Trinajstić information content (AvgIpc) is 2.73. The number of hydrogen-bond donors (Lipinski definition) is 3. The molecule has 0 bridgehead atoms. The number of esters is 4. The van der Waals surface area contributed by atoms with Gasteiger partial charge in [-0.2, -0.15) is 0 Å². The van der Waals surface area contributed by atoms with Crippen LogP contribution in [0.5, 0.6) is 0 Å². The Balaban J connectivity index is 5.37. The highest BCUT2D eigenvalue weighted by atomic mass is 31.2. The number of unbranched alkanes of at least 4 members (excludes halogenated alkanes) is 31. The lowest BCUT2D eigenvalue weighted by Crippen LogP contribution is -2.30. The number of phosphoric acid groups is 2. The number of carbonyl (C=O) groups is 4. The lowest BCUT2D eigenvalue weighted by atomic mass is 10.0. The molecule has 0 fully saturated rings. The Bertz CT molecular complexity index is 2040. The van der Waals surface area contributed by atoms with Crippen LogP contribution in [0.3, 0.4) is 0 Å². The van der Waals surface area contributed by atoms with Crippen molar-refractivity contribution >= 4 is 39.5 Å². The number of aliphatic hydroxyl groups excluding tert-OH is 1. The first-order valence-corrected chi connectivity index (χ1v) is 39.2. The van der Waals surface area contributed by atoms with Gasteiger partial charge in [0.25, 0.3) is 0 Å². The van der Waals surface area contributed by atoms with E-state index in [9.17, 15) is 43.2 Å². The molecule has 5 unspecified atom stereocenters. The normalized spacial score (nSPS) is 14.5. The molecular weight excluding hydrogens is 1210 g/mol. The Hall–Kier alpha value is -3.50. The molecule has 0 aromatic heterocycles. The molecule has 0 aromatic carbocycles. The predicted molar refractivity (Wildman–Crippen MR) is 372 cm³/mol. The second kappa shape index (κ2) is 66.1. The maximum Gasteiger partial charge on any atom is 0.472 e. The van der Waals surface area contributed by atoms with E-state index in [-0.39, 0.29) is 25.7 Å². The molecule has 3 N–H and O–H groups in total. The van der Waals surface area contributed by atoms with Crippen molar-refractivity contribution in [1.82, 2.24) is 0 Å². The molecule has 0 aliphatic carbocycles. The van der Waals surface area contributed by atoms with Crippen LogP contribution in [0, 0.1) is 0 Å². The molecule has 0 aliphatic heterocycles. The van der Waals surface area contributed by atoms with Gasteiger partial charge in [0.1, 0.15) is 19.3 Å². The van der Waals surface area contributed by atoms with Crippen LogP contribution in [0.25, 0.3) is 0 Å². The van der Waals surface area contributed by atoms with Crippen molar-refractivity contribution in [2.75, 3.05) is 39.6 Å². The van der Waals surface area contributed by atoms with Gasteiger partial charge in [0.05, 0.1) is 32.8 Å². The minimum atomic E-state index is -4.98. The van der Waals surface area contributed by atoms with Gasteiger partial charge in [0.2, 0.25) is 0 Å². The number of phosphoric ester groups is 2. The molecule has 534 valence electrons. The van der Waals surface area contributed by atoms with E-state index >= 15 is 0 Å². The summed E-state index contributed by atoms with van der Waals surface area (Å²) < 4.78 is 68.1. The smallest absolute Gasteiger partial charge is 0.462 e. The van der Waals surface area contributed by atoms with E-state index in [1.54, 1.807) is 6.08 Å². The standard InChI is InChI=1S/C73H130O17P2/c1-5-9-13-17-21-25-29-32-33-36-39-42-46-50-54-58-71(76)84-64-69(90-73(78)60-56-52-48-44-40-35-31-27-23-19-15-11-7-3)66-88-92(81,82)86-62-67(74)61-85-91(79,80)87-65-68(89-72(77)59-55-51-47-43-37-28-24-20-16-12-8-4)63-83-70(75)57-53-49-45-41-38-34-30-26-22-18-14-10-6-2/h9,13,21,25-26,30,32-33,39,42,50,54,67-69,74H,5-8,10-12,14-20,22-24,27-29,31,34-38,40-41,43-49,51-53,55-66H2,1-4H3,(H,79,80)(H,81,82)/b13-9-,25-21-,30-26-,33-32-,42-39-,54-50-. The van der Waals surface area contributed by atoms with Crippen molar-refractivity contribution in [3.8, 4) is 0 Å². The molecule has 0 spiro atoms. The topological polar surface area (TPSA) is 237 Å². The average molecular weight is 1340 g/mol. The fourth-order valence-corrected chi connectivity index (χ4v) is 11.3. The minimum absolute atomic E-state index is 0.0668. The number of ether oxygens (including phenoxy) is 4. The third kappa shape index (κ3) is 65.2. The molecule has 0 rings (SSSR count). The second-order valence-corrected chi connectivity index (χ2v) is 27.1. The molecule has 0 aromatic rings. The van der Waals surface area contributed by atoms with Crippen LogP contribution in [0.4, 0.5) is 0 Å². The van der Waals surface area contributed by atoms with E-state index in [2.05, 4.69) is 76.3 Å². The number of aliphatic hydroxyl groups is 1. The maximum atomic E-state index is 13.0. The van der Waals surface area contributed by atoms with E-state index in [1.807, 2.05) is 18.2 Å². The number of allylic oxidation sites excluding steroid dienone is 11. The monoisotopic (exact) mass is 1340 g/mol. The Morgan fingerprint density at radius 3 is 0.967 bits per heavy atom. The summed E-state index contributed by atoms with van der Waals surface area (Å²) in [5.41, 5.74) is 0. The number of rotatable bonds is 68. The summed E-state index contributed by atoms with van der Waals surface area (Å²) >= 11 is 0. The van der Waals surface area contributed by atoms with Crippen molar-refractivity contribution in [2.24, 2.45) is 0 Å². The van der Waals surface area contributed by atoms with Gasteiger partial charge in [0.15, 0.2) is 12.2 Å². The molecule has 17 nitrogen and oxygen atoms in total. The van der Waals surface area contributed by atoms with Crippen molar-refractivity contribution in [3.63, 3.8) is 0 Å². The summed E-state index contributed by atoms with van der Waals surface area (Å²) in [6.07, 6.45) is 63.7. The highest BCUT2D eigenvalue weighted by molar-refractivity contribution is 7.47. The molecule has 0 saturated carbocycles. The summed E-state index contributed by atoms with van der Waals surface area (Å²) in [4.78, 5) is 72.5. The summed E-state index contributed by atoms with van der Waals surface area (Å²) in [6.45, 7) is 4.63. The molecule has 5 atom stereocenters. The van der Waals surface area contributed by atoms with E-state index in [4.69, 9.17) is 37.0 Å². The summed E-state index contributed by atoms with van der Waals surface area (Å²) in [7, 11) is -9.95. The van der Waals surface area contributed by atoms with E-state index in [1.165, 1.54) is 116 Å². The third-order valence-electron chi connectivity index (χ3n) is 15.2. The zero-order valence-electron chi connectivity index (χ0n) is 58.0. The minimum Gasteiger partial charge on any atom is -0.462 e. The van der Waals surface area contributed by atoms with Crippen LogP contribution in [0.1, 0.15) is 310 Å². The van der Waals surface area contributed by atoms with E-state index in [0.29, 0.717) is 25.7 Å². The number of carbonyl (C=O) groups excluding carboxylic acids is 4. The molecule has 19 heteroatoms. The van der Waals surface area contributed by atoms with Gasteiger partial charge in [-0.3, -0.25) is 37.3 Å². The highest BCUT2D eigenvalue weighted by Crippen LogP contribution is 2.45. The van der Waals surface area contributed by atoms with Gasteiger partial charge in [-0.05, 0) is 77.0 Å². The molecule has 0 saturated heterocycles. The van der Waals surface area contributed by atoms with E-state index < -0.39 is 97.5 Å². The molecular formula is C73H130O17P2. The van der Waals surface area contributed by atoms with Crippen molar-refractivity contribution in [3.05, 3.63) is 72.9 Å². The van der Waals surface area contributed by atoms with Gasteiger partial charge in [-0.25, -0.2) is 9.13 Å². The van der Waals surface area contributed by atoms with Gasteiger partial charge >= 0.3 is 39.5 Å². The highest BCUT2D eigenvalue weighted by Gasteiger charge is 2.30. The second-order valence-electron chi connectivity index (χ2n) is 24.2. The van der Waals surface area contributed by atoms with Crippen molar-refractivity contribution < 1.29 is 80.2 Å². The van der Waals surface area contributed by atoms with Crippen molar-refractivity contribution in [2.45, 2.75) is 329 Å². The van der Waals surface area contributed by atoms with Gasteiger partial charge < -0.3 is 33.8 Å². The maximum absolute atomic E-state index is 13.0. The Labute approximate surface area is 558 Å². The zero-order valence-corrected chi connectivity index (χ0v) is 59.8. The molecule has 0 aliphatic rings. The lowest BCUT2D eigenvalue weighted by molar-refractivity contribution is -0.161. The first-order valence-electron chi connectivity index (χ1n) is 36.2. The molecule has 0 heterocycles. The Kier molecular flexibility index (Phi) is 63.6. The number of hydrogen-bond acceptors (Lipinski definition) is 15. The van der Waals surface area contributed by atoms with Crippen LogP contribution in [0.15, 0.2) is 72.9 Å². The van der Waals surface area contributed by atoms with Crippen LogP contribution in [-0.2, 0) is 65.4 Å². The Morgan fingerprint density at radius 2 is 0.609 bits per heavy atom. The summed E-state index contributed by atoms with van der Waals surface area (Å²) in [5.74, 6) is -2.31. The van der Waals surface area contributed by atoms with Gasteiger partial charge in [0, 0.05) is 19.3 Å². The van der Waals surface area contributed by atoms with Crippen LogP contribution in [-0.4, -0.2) is 96.7 Å².